The maximum absolute atomic E-state index is 12.1. The molecule has 0 radical (unpaired) electrons. The van der Waals surface area contributed by atoms with Gasteiger partial charge in [-0.25, -0.2) is 0 Å². The van der Waals surface area contributed by atoms with Gasteiger partial charge in [0.1, 0.15) is 91.6 Å². The third-order valence-electron chi connectivity index (χ3n) is 19.7. The number of aliphatic hydroxyl groups excluding tert-OH is 13. The van der Waals surface area contributed by atoms with Crippen molar-refractivity contribution in [3.8, 4) is 0 Å². The third kappa shape index (κ3) is 10.5. The van der Waals surface area contributed by atoms with E-state index < -0.39 is 142 Å². The number of hydrogen-bond donors (Lipinski definition) is 14. The minimum atomic E-state index is -1.84. The second-order valence-electron chi connectivity index (χ2n) is 23.9. The van der Waals surface area contributed by atoms with Crippen molar-refractivity contribution in [2.75, 3.05) is 33.0 Å². The first-order valence-corrected chi connectivity index (χ1v) is 26.8. The van der Waals surface area contributed by atoms with Crippen LogP contribution < -0.4 is 0 Å². The number of ether oxygens (including phenoxy) is 9. The van der Waals surface area contributed by atoms with Crippen molar-refractivity contribution in [1.82, 2.24) is 0 Å². The highest BCUT2D eigenvalue weighted by Gasteiger charge is 2.68. The molecule has 9 rings (SSSR count). The van der Waals surface area contributed by atoms with E-state index in [4.69, 9.17) is 42.6 Å². The Morgan fingerprint density at radius 1 is 0.603 bits per heavy atom. The quantitative estimate of drug-likeness (QED) is 0.0714. The molecule has 0 aromatic rings. The minimum Gasteiger partial charge on any atom is -0.394 e. The van der Waals surface area contributed by atoms with Gasteiger partial charge in [-0.15, -0.1) is 0 Å². The van der Waals surface area contributed by atoms with Crippen LogP contribution >= 0.6 is 0 Å². The summed E-state index contributed by atoms with van der Waals surface area (Å²) in [7, 11) is 0. The number of rotatable bonds is 15. The zero-order valence-corrected chi connectivity index (χ0v) is 42.2. The molecule has 4 aliphatic carbocycles. The molecule has 9 aliphatic rings. The summed E-state index contributed by atoms with van der Waals surface area (Å²) in [6, 6.07) is 0. The summed E-state index contributed by atoms with van der Waals surface area (Å²) in [5.41, 5.74) is -0.0205. The normalized spacial score (nSPS) is 55.6. The second-order valence-corrected chi connectivity index (χ2v) is 23.9. The van der Waals surface area contributed by atoms with Crippen molar-refractivity contribution in [1.29, 1.82) is 0 Å². The van der Waals surface area contributed by atoms with Crippen LogP contribution in [0, 0.1) is 52.3 Å². The van der Waals surface area contributed by atoms with Gasteiger partial charge in [0.05, 0.1) is 45.2 Å². The monoisotopic (exact) mass is 1050 g/mol. The molecule has 5 aliphatic heterocycles. The lowest BCUT2D eigenvalue weighted by Gasteiger charge is -2.61. The fourth-order valence-corrected chi connectivity index (χ4v) is 15.3. The van der Waals surface area contributed by atoms with Gasteiger partial charge in [-0.3, -0.25) is 0 Å². The SMILES string of the molecule is C[C@H](CC[C@@]1(O)O[C@H]2C[C@H]3[C@@H]4CC[C@H]5C[C@@H](O[C@@H]6O[C@H](CO[C@H]7OC[C@H](O)[C@H](O)[C@H]7O)[C@@H](O[C@@H]7O[C@H](CO)[C@@H](O)[C@H](O)[C@H]7O)[C@H](O)[C@H]6O)CC[C@]5(C)[C@H]4CC[C@]3(C)[C@H]2[C@@H]1C)CO[C@@H]1O[C@H](CO)[C@@H](O)[C@H](O)[C@H]1O. The highest BCUT2D eigenvalue weighted by Crippen LogP contribution is 2.71. The predicted octanol–water partition coefficient (Wildman–Crippen LogP) is -3.32. The van der Waals surface area contributed by atoms with E-state index >= 15 is 0 Å². The molecular formula is C50H84O23. The van der Waals surface area contributed by atoms with Crippen molar-refractivity contribution >= 4 is 0 Å². The lowest BCUT2D eigenvalue weighted by molar-refractivity contribution is -0.369. The maximum atomic E-state index is 12.1. The summed E-state index contributed by atoms with van der Waals surface area (Å²) < 4.78 is 53.5. The van der Waals surface area contributed by atoms with Gasteiger partial charge in [-0.2, -0.15) is 0 Å². The maximum Gasteiger partial charge on any atom is 0.187 e. The lowest BCUT2D eigenvalue weighted by atomic mass is 9.44. The largest absolute Gasteiger partial charge is 0.394 e. The summed E-state index contributed by atoms with van der Waals surface area (Å²) in [6.45, 7) is 6.91. The average Bonchev–Trinajstić information content (AvgIpc) is 3.81. The minimum absolute atomic E-state index is 0.00801. The first kappa shape index (κ1) is 56.8. The van der Waals surface area contributed by atoms with Crippen LogP contribution in [0.3, 0.4) is 0 Å². The van der Waals surface area contributed by atoms with Gasteiger partial charge in [-0.05, 0) is 104 Å². The number of aliphatic hydroxyl groups is 14. The molecule has 9 fully saturated rings. The number of hydrogen-bond acceptors (Lipinski definition) is 23. The van der Waals surface area contributed by atoms with E-state index in [0.29, 0.717) is 49.4 Å². The molecular weight excluding hydrogens is 969 g/mol. The molecule has 0 aromatic carbocycles. The topological polar surface area (TPSA) is 366 Å². The van der Waals surface area contributed by atoms with Crippen LogP contribution in [-0.2, 0) is 42.6 Å². The second kappa shape index (κ2) is 22.3. The fourth-order valence-electron chi connectivity index (χ4n) is 15.3. The van der Waals surface area contributed by atoms with Gasteiger partial charge in [0.15, 0.2) is 30.9 Å². The smallest absolute Gasteiger partial charge is 0.187 e. The van der Waals surface area contributed by atoms with Crippen LogP contribution in [0.25, 0.3) is 0 Å². The Morgan fingerprint density at radius 3 is 1.89 bits per heavy atom. The molecule has 14 N–H and O–H groups in total. The van der Waals surface area contributed by atoms with Crippen LogP contribution in [-0.4, -0.2) is 239 Å². The van der Waals surface area contributed by atoms with E-state index in [1.54, 1.807) is 0 Å². The Balaban J connectivity index is 0.805. The van der Waals surface area contributed by atoms with Crippen LogP contribution in [0.5, 0.6) is 0 Å². The van der Waals surface area contributed by atoms with Gasteiger partial charge >= 0.3 is 0 Å². The van der Waals surface area contributed by atoms with Crippen molar-refractivity contribution in [3.05, 3.63) is 0 Å². The number of fused-ring (bicyclic) bond motifs is 7. The van der Waals surface area contributed by atoms with E-state index in [0.717, 1.165) is 38.5 Å². The summed E-state index contributed by atoms with van der Waals surface area (Å²) in [6.07, 6.45) is -21.2. The van der Waals surface area contributed by atoms with Crippen LogP contribution in [0.2, 0.25) is 0 Å². The van der Waals surface area contributed by atoms with Crippen LogP contribution in [0.1, 0.15) is 91.9 Å². The first-order valence-electron chi connectivity index (χ1n) is 26.8. The Hall–Kier alpha value is -0.920. The molecule has 23 nitrogen and oxygen atoms in total. The molecule has 0 bridgehead atoms. The summed E-state index contributed by atoms with van der Waals surface area (Å²) in [5, 5.41) is 148. The molecule has 0 amide bonds. The van der Waals surface area contributed by atoms with E-state index in [1.807, 2.05) is 6.92 Å². The molecule has 31 atom stereocenters. The molecule has 4 saturated carbocycles. The fraction of sp³-hybridized carbons (Fsp3) is 1.00. The highest BCUT2D eigenvalue weighted by atomic mass is 16.8. The molecule has 5 saturated heterocycles. The summed E-state index contributed by atoms with van der Waals surface area (Å²) in [5.74, 6) is 0.309. The van der Waals surface area contributed by atoms with Crippen molar-refractivity contribution in [2.45, 2.75) is 227 Å². The molecule has 5 heterocycles. The van der Waals surface area contributed by atoms with E-state index in [9.17, 15) is 71.5 Å². The Labute approximate surface area is 425 Å². The van der Waals surface area contributed by atoms with Crippen molar-refractivity contribution in [3.63, 3.8) is 0 Å². The summed E-state index contributed by atoms with van der Waals surface area (Å²) in [4.78, 5) is 0. The highest BCUT2D eigenvalue weighted by molar-refractivity contribution is 5.15. The zero-order valence-electron chi connectivity index (χ0n) is 42.2. The standard InChI is InChI=1S/C50H84O23/c1-20(17-65-45-40(61)36(57)34(55)29(15-51)69-45)7-12-50(64)21(2)32-28(73-50)14-26-24-6-5-22-13-23(8-10-48(22,3)25(24)9-11-49(26,32)4)68-46-42(63)38(59)43(72-47-41(62)37(58)35(56)30(16-52)70-47)31(71-46)19-67-44-39(60)33(54)27(53)18-66-44/h20-47,51-64H,5-19H2,1-4H3/t20-,21+,22+,23+,24-,25+,26+,27+,28+,29-,30-,31-,32+,33+,34-,35-,36+,37+,38-,39-,40-,41-,42-,43-,44-,45-,46-,47+,48+,49+,50-/m1/s1. The Kier molecular flexibility index (Phi) is 17.4. The molecule has 23 heteroatoms. The Morgan fingerprint density at radius 2 is 1.21 bits per heavy atom. The third-order valence-corrected chi connectivity index (χ3v) is 19.7. The predicted molar refractivity (Wildman–Crippen MR) is 246 cm³/mol. The van der Waals surface area contributed by atoms with Crippen molar-refractivity contribution < 1.29 is 114 Å². The van der Waals surface area contributed by atoms with Gasteiger partial charge in [0.25, 0.3) is 0 Å². The van der Waals surface area contributed by atoms with Gasteiger partial charge in [0.2, 0.25) is 0 Å². The van der Waals surface area contributed by atoms with E-state index in [1.165, 1.54) is 0 Å². The lowest BCUT2D eigenvalue weighted by Crippen LogP contribution is -2.65. The first-order chi connectivity index (χ1) is 34.5. The van der Waals surface area contributed by atoms with Gasteiger partial charge < -0.3 is 114 Å². The molecule has 422 valence electrons. The summed E-state index contributed by atoms with van der Waals surface area (Å²) >= 11 is 0. The van der Waals surface area contributed by atoms with E-state index in [2.05, 4.69) is 20.8 Å². The molecule has 0 spiro atoms. The van der Waals surface area contributed by atoms with Crippen molar-refractivity contribution in [2.24, 2.45) is 52.3 Å². The molecule has 0 unspecified atom stereocenters. The zero-order chi connectivity index (χ0) is 52.6. The average molecular weight is 1050 g/mol. The molecule has 73 heavy (non-hydrogen) atoms. The van der Waals surface area contributed by atoms with Gasteiger partial charge in [0, 0.05) is 12.3 Å². The van der Waals surface area contributed by atoms with E-state index in [-0.39, 0.29) is 54.0 Å². The van der Waals surface area contributed by atoms with Crippen LogP contribution in [0.4, 0.5) is 0 Å². The Bertz CT molecular complexity index is 1820. The van der Waals surface area contributed by atoms with Gasteiger partial charge in [-0.1, -0.05) is 27.7 Å². The molecule has 0 aromatic heterocycles. The van der Waals surface area contributed by atoms with Crippen LogP contribution in [0.15, 0.2) is 0 Å².